The Hall–Kier alpha value is -7.41. The van der Waals surface area contributed by atoms with Gasteiger partial charge in [-0.2, -0.15) is 15.0 Å². The van der Waals surface area contributed by atoms with Crippen LogP contribution in [0.3, 0.4) is 0 Å². The molecule has 0 atom stereocenters. The molecule has 5 nitrogen and oxygen atoms in total. The highest BCUT2D eigenvalue weighted by Gasteiger charge is 2.41. The van der Waals surface area contributed by atoms with Crippen molar-refractivity contribution in [2.45, 2.75) is 6.92 Å². The molecule has 0 bridgehead atoms. The fraction of sp³-hybridized carbons (Fsp3) is 0.0192. The highest BCUT2D eigenvalue weighted by atomic mass is 28.3. The average Bonchev–Trinajstić information content (AvgIpc) is 3.99. The average molecular weight is 776 g/mol. The Morgan fingerprint density at radius 1 is 0.414 bits per heavy atom. The normalized spacial score (nSPS) is 15.7. The molecule has 11 aromatic rings. The lowest BCUT2D eigenvalue weighted by Crippen LogP contribution is -2.74. The highest BCUT2D eigenvalue weighted by Crippen LogP contribution is 2.34. The summed E-state index contributed by atoms with van der Waals surface area (Å²) >= 11 is 0. The molecular weight excluding hydrogens is 723 g/mol. The molecule has 0 aliphatic rings. The van der Waals surface area contributed by atoms with Gasteiger partial charge in [-0.05, 0) is 57.4 Å². The van der Waals surface area contributed by atoms with E-state index in [2.05, 4.69) is 36.4 Å². The molecule has 0 aliphatic heterocycles. The summed E-state index contributed by atoms with van der Waals surface area (Å²) in [6, 6.07) is 25.7. The second-order valence-corrected chi connectivity index (χ2v) is 17.5. The monoisotopic (exact) mass is 775 g/mol. The van der Waals surface area contributed by atoms with Crippen molar-refractivity contribution in [2.24, 2.45) is 0 Å². The molecule has 8 aromatic carbocycles. The first-order valence-electron chi connectivity index (χ1n) is 26.4. The fourth-order valence-electron chi connectivity index (χ4n) is 8.08. The van der Waals surface area contributed by atoms with Gasteiger partial charge in [0.05, 0.1) is 44.0 Å². The zero-order valence-corrected chi connectivity index (χ0v) is 31.6. The number of aromatic nitrogens is 5. The van der Waals surface area contributed by atoms with E-state index in [1.54, 1.807) is 0 Å². The standard InChI is InChI=1S/C52H37N5Si/c1-36-33-34-40(58(37-19-5-2-6-20-37,38-21-7-3-8-22-38)39-23-9-4-10-24-39)35-45(36)50-53-51(56-46-29-15-11-25-41(46)42-26-12-16-30-47(42)56)55-52(54-50)57-48-31-17-13-27-43(48)44-28-14-18-32-49(44)57/h2-35H,1H3/i11D,12D,13D,14D,15D,16D,17D,18D,25D,26D,27D,28D,29D,30D,31D,32D. The van der Waals surface area contributed by atoms with Crippen LogP contribution in [0.15, 0.2) is 206 Å². The topological polar surface area (TPSA) is 48.5 Å². The Labute approximate surface area is 359 Å². The first kappa shape index (κ1) is 21.2. The van der Waals surface area contributed by atoms with Crippen molar-refractivity contribution in [2.75, 3.05) is 0 Å². The number of benzene rings is 8. The molecule has 0 amide bonds. The third kappa shape index (κ3) is 5.19. The summed E-state index contributed by atoms with van der Waals surface area (Å²) in [4.78, 5) is 15.0. The van der Waals surface area contributed by atoms with Crippen molar-refractivity contribution in [1.29, 1.82) is 0 Å². The van der Waals surface area contributed by atoms with Gasteiger partial charge in [0.15, 0.2) is 13.9 Å². The molecule has 0 spiro atoms. The van der Waals surface area contributed by atoms with E-state index >= 15 is 0 Å². The first-order valence-corrected chi connectivity index (χ1v) is 20.4. The molecule has 0 N–H and O–H groups in total. The lowest BCUT2D eigenvalue weighted by atomic mass is 10.1. The van der Waals surface area contributed by atoms with Crippen molar-refractivity contribution < 1.29 is 21.9 Å². The number of hydrogen-bond acceptors (Lipinski definition) is 3. The van der Waals surface area contributed by atoms with Gasteiger partial charge in [-0.1, -0.05) is 182 Å². The SMILES string of the molecule is [2H]c1c([2H])c([2H])c2c(c1[2H])c1c([2H])c([2H])c([2H])c([2H])c1n2-c1nc(-c2cc([Si](c3ccccc3)(c3ccccc3)c3ccccc3)ccc2C)nc(-n2c3c([2H])c([2H])c([2H])c([2H])c3c3c([2H])c([2H])c([2H])c([2H])c32)n1. The lowest BCUT2D eigenvalue weighted by Gasteiger charge is -2.34. The third-order valence-corrected chi connectivity index (χ3v) is 15.4. The molecule has 11 rings (SSSR count). The molecular formula is C52H37N5Si. The Balaban J connectivity index is 1.36. The second kappa shape index (κ2) is 13.7. The summed E-state index contributed by atoms with van der Waals surface area (Å²) in [5, 5.41) is 2.93. The van der Waals surface area contributed by atoms with E-state index in [-0.39, 0.29) is 49.4 Å². The highest BCUT2D eigenvalue weighted by molar-refractivity contribution is 7.19. The number of para-hydroxylation sites is 4. The molecule has 58 heavy (non-hydrogen) atoms. The van der Waals surface area contributed by atoms with Gasteiger partial charge in [-0.25, -0.2) is 0 Å². The summed E-state index contributed by atoms with van der Waals surface area (Å²) in [5.41, 5.74) is -0.266. The van der Waals surface area contributed by atoms with E-state index in [9.17, 15) is 5.48 Å². The summed E-state index contributed by atoms with van der Waals surface area (Å²) in [7, 11) is -3.29. The van der Waals surface area contributed by atoms with Crippen LogP contribution in [0.5, 0.6) is 0 Å². The number of rotatable bonds is 7. The van der Waals surface area contributed by atoms with Crippen LogP contribution in [0, 0.1) is 6.92 Å². The molecule has 274 valence electrons. The Morgan fingerprint density at radius 3 is 1.16 bits per heavy atom. The molecule has 6 heteroatoms. The van der Waals surface area contributed by atoms with Crippen molar-refractivity contribution in [1.82, 2.24) is 24.1 Å². The predicted molar refractivity (Wildman–Crippen MR) is 242 cm³/mol. The summed E-state index contributed by atoms with van der Waals surface area (Å²) in [6.07, 6.45) is 0. The summed E-state index contributed by atoms with van der Waals surface area (Å²) < 4.78 is 146. The Bertz CT molecular complexity index is 3800. The van der Waals surface area contributed by atoms with Crippen LogP contribution in [-0.2, 0) is 0 Å². The van der Waals surface area contributed by atoms with Crippen LogP contribution in [0.1, 0.15) is 27.5 Å². The maximum absolute atomic E-state index is 9.32. The number of fused-ring (bicyclic) bond motifs is 6. The van der Waals surface area contributed by atoms with Gasteiger partial charge in [0.1, 0.15) is 0 Å². The summed E-state index contributed by atoms with van der Waals surface area (Å²) in [6.45, 7) is 1.82. The lowest BCUT2D eigenvalue weighted by molar-refractivity contribution is 0.892. The smallest absolute Gasteiger partial charge is 0.240 e. The second-order valence-electron chi connectivity index (χ2n) is 13.7. The van der Waals surface area contributed by atoms with E-state index in [0.29, 0.717) is 11.1 Å². The number of aryl methyl sites for hydroxylation is 1. The van der Waals surface area contributed by atoms with Crippen LogP contribution >= 0.6 is 0 Å². The minimum absolute atomic E-state index is 0.116. The summed E-state index contributed by atoms with van der Waals surface area (Å²) in [5.74, 6) is -1.03. The maximum Gasteiger partial charge on any atom is 0.240 e. The molecule has 0 radical (unpaired) electrons. The zero-order valence-electron chi connectivity index (χ0n) is 46.6. The fourth-order valence-corrected chi connectivity index (χ4v) is 12.8. The molecule has 0 fully saturated rings. The quantitative estimate of drug-likeness (QED) is 0.120. The van der Waals surface area contributed by atoms with Crippen LogP contribution in [-0.4, -0.2) is 32.2 Å². The first-order chi connectivity index (χ1) is 35.3. The van der Waals surface area contributed by atoms with Gasteiger partial charge in [0.2, 0.25) is 11.9 Å². The van der Waals surface area contributed by atoms with Crippen LogP contribution in [0.4, 0.5) is 0 Å². The molecule has 3 heterocycles. The largest absolute Gasteiger partial charge is 0.278 e. The number of nitrogens with zero attached hydrogens (tertiary/aromatic N) is 5. The maximum atomic E-state index is 9.32. The molecule has 3 aromatic heterocycles. The zero-order chi connectivity index (χ0) is 52.6. The van der Waals surface area contributed by atoms with Crippen LogP contribution in [0.25, 0.3) is 66.9 Å². The minimum Gasteiger partial charge on any atom is -0.278 e. The van der Waals surface area contributed by atoms with Gasteiger partial charge in [0.25, 0.3) is 0 Å². The van der Waals surface area contributed by atoms with E-state index in [1.807, 2.05) is 79.7 Å². The van der Waals surface area contributed by atoms with Crippen molar-refractivity contribution in [3.63, 3.8) is 0 Å². The van der Waals surface area contributed by atoms with Gasteiger partial charge >= 0.3 is 0 Å². The molecule has 0 saturated carbocycles. The Morgan fingerprint density at radius 2 is 0.776 bits per heavy atom. The van der Waals surface area contributed by atoms with E-state index in [1.165, 1.54) is 0 Å². The molecule has 0 aliphatic carbocycles. The predicted octanol–water partition coefficient (Wildman–Crippen LogP) is 9.42. The van der Waals surface area contributed by atoms with Gasteiger partial charge < -0.3 is 0 Å². The van der Waals surface area contributed by atoms with Crippen LogP contribution < -0.4 is 20.7 Å². The molecule has 0 unspecified atom stereocenters. The van der Waals surface area contributed by atoms with E-state index < -0.39 is 117 Å². The van der Waals surface area contributed by atoms with Crippen molar-refractivity contribution in [3.05, 3.63) is 211 Å². The Kier molecular flexibility index (Phi) is 4.99. The van der Waals surface area contributed by atoms with E-state index in [0.717, 1.165) is 29.9 Å². The minimum atomic E-state index is -3.29. The number of hydrogen-bond donors (Lipinski definition) is 0. The van der Waals surface area contributed by atoms with Gasteiger partial charge in [0, 0.05) is 27.1 Å². The van der Waals surface area contributed by atoms with Gasteiger partial charge in [-0.3, -0.25) is 9.13 Å². The van der Waals surface area contributed by atoms with Crippen LogP contribution in [0.2, 0.25) is 0 Å². The van der Waals surface area contributed by atoms with Crippen molar-refractivity contribution >= 4 is 72.4 Å². The third-order valence-electron chi connectivity index (χ3n) is 10.6. The van der Waals surface area contributed by atoms with Crippen molar-refractivity contribution in [3.8, 4) is 23.3 Å². The van der Waals surface area contributed by atoms with E-state index in [4.69, 9.17) is 31.4 Å². The van der Waals surface area contributed by atoms with Gasteiger partial charge in [-0.15, -0.1) is 0 Å². The molecule has 0 saturated heterocycles.